The SMILES string of the molecule is CC(=O)O[C@]1(C(C)=O)CCC2C3CCC4=CC(=O)CCC4=C3C(c3ccc(N)cc3)C[C@@]21C.CC(=O)O[C@]1(C(C)=O)CCC2C3CCc4cc(O)ccc4C3C(c3ccc(N(C)C)cc3)C[C@@]21C.CC(=O)[C@@]1(O)CCC2C3CCC4=CC(=O)CCC4=C3C(c3ccc(N(C)C)cc3)C[C@@]21C.CNc1ccc(C2C[C@@]3(C)C(CC[C@]3(OC(C)=O)C(C)=O)C3CCC4=CC(=O)CCC4=C23)cc1. The molecule has 0 amide bonds. The number of rotatable bonds is 14. The number of aryl methyl sites for hydroxylation is 1. The Morgan fingerprint density at radius 3 is 1.13 bits per heavy atom. The Balaban J connectivity index is 0.000000124. The highest BCUT2D eigenvalue weighted by Crippen LogP contribution is 2.74. The topological polar surface area (TPSA) is 283 Å². The number of carbonyl (C=O) groups is 10. The van der Waals surface area contributed by atoms with E-state index < -0.39 is 44.1 Å². The van der Waals surface area contributed by atoms with Crippen molar-refractivity contribution in [3.8, 4) is 5.75 Å². The molecular formula is C115H140N4O15. The zero-order chi connectivity index (χ0) is 95.8. The van der Waals surface area contributed by atoms with Gasteiger partial charge in [-0.05, 0) is 380 Å². The molecule has 19 heteroatoms. The van der Waals surface area contributed by atoms with Crippen LogP contribution in [0.15, 0.2) is 184 Å². The Kier molecular flexibility index (Phi) is 25.6. The van der Waals surface area contributed by atoms with Crippen molar-refractivity contribution in [3.63, 3.8) is 0 Å². The summed E-state index contributed by atoms with van der Waals surface area (Å²) < 4.78 is 17.9. The third kappa shape index (κ3) is 15.8. The maximum absolute atomic E-state index is 13.2. The number of ketones is 7. The van der Waals surface area contributed by atoms with E-state index in [1.165, 1.54) is 104 Å². The van der Waals surface area contributed by atoms with Crippen molar-refractivity contribution in [3.05, 3.63) is 217 Å². The summed E-state index contributed by atoms with van der Waals surface area (Å²) in [5, 5.41) is 25.0. The monoisotopic (exact) mass is 1820 g/mol. The number of aliphatic hydroxyl groups is 1. The summed E-state index contributed by atoms with van der Waals surface area (Å²) >= 11 is 0. The zero-order valence-corrected chi connectivity index (χ0v) is 81.8. The molecule has 134 heavy (non-hydrogen) atoms. The van der Waals surface area contributed by atoms with Crippen LogP contribution in [0.5, 0.6) is 5.75 Å². The van der Waals surface area contributed by atoms with Gasteiger partial charge in [0.25, 0.3) is 0 Å². The third-order valence-electron chi connectivity index (χ3n) is 37.3. The first kappa shape index (κ1) is 95.3. The second-order valence-electron chi connectivity index (χ2n) is 43.9. The number of nitrogen functional groups attached to an aromatic ring is 1. The molecule has 5 aromatic carbocycles. The van der Waals surface area contributed by atoms with Crippen molar-refractivity contribution in [2.24, 2.45) is 69.0 Å². The molecule has 5 aromatic rings. The number of phenolic OH excluding ortho intramolecular Hbond substituents is 1. The summed E-state index contributed by atoms with van der Waals surface area (Å²) in [7, 11) is 10.1. The van der Waals surface area contributed by atoms with Gasteiger partial charge in [0, 0.05) is 137 Å². The average Bonchev–Trinajstić information content (AvgIpc) is 1.52. The van der Waals surface area contributed by atoms with Crippen LogP contribution >= 0.6 is 0 Å². The van der Waals surface area contributed by atoms with Gasteiger partial charge in [-0.1, -0.05) is 99.0 Å². The first-order chi connectivity index (χ1) is 63.6. The fraction of sp³-hybridized carbons (Fsp3) is 0.548. The zero-order valence-electron chi connectivity index (χ0n) is 81.8. The predicted molar refractivity (Wildman–Crippen MR) is 521 cm³/mol. The second-order valence-corrected chi connectivity index (χ2v) is 43.9. The first-order valence-electron chi connectivity index (χ1n) is 49.8. The minimum atomic E-state index is -1.24. The minimum absolute atomic E-state index is 0.0287. The number of nitrogens with two attached hydrogens (primary N) is 1. The normalized spacial score (nSPS) is 34.8. The van der Waals surface area contributed by atoms with Gasteiger partial charge in [0.05, 0.1) is 0 Å². The number of aromatic hydroxyl groups is 1. The Bertz CT molecular complexity index is 5810. The van der Waals surface area contributed by atoms with E-state index in [0.717, 1.165) is 145 Å². The number of allylic oxidation sites excluding steroid dienone is 12. The van der Waals surface area contributed by atoms with Gasteiger partial charge >= 0.3 is 17.9 Å². The van der Waals surface area contributed by atoms with Crippen LogP contribution in [0.25, 0.3) is 0 Å². The van der Waals surface area contributed by atoms with Gasteiger partial charge < -0.3 is 45.3 Å². The number of esters is 3. The van der Waals surface area contributed by atoms with Crippen molar-refractivity contribution >= 4 is 81.1 Å². The van der Waals surface area contributed by atoms with E-state index in [0.29, 0.717) is 92.1 Å². The van der Waals surface area contributed by atoms with Crippen molar-refractivity contribution in [2.45, 2.75) is 295 Å². The fourth-order valence-electron chi connectivity index (χ4n) is 31.3. The van der Waals surface area contributed by atoms with Crippen LogP contribution in [0.2, 0.25) is 0 Å². The molecule has 13 unspecified atom stereocenters. The van der Waals surface area contributed by atoms with Crippen LogP contribution in [-0.2, 0) is 68.6 Å². The van der Waals surface area contributed by atoms with Gasteiger partial charge in [-0.15, -0.1) is 0 Å². The number of hydrogen-bond donors (Lipinski definition) is 4. The van der Waals surface area contributed by atoms with Crippen molar-refractivity contribution < 1.29 is 72.4 Å². The Morgan fingerprint density at radius 1 is 0.396 bits per heavy atom. The number of phenols is 1. The van der Waals surface area contributed by atoms with Crippen LogP contribution < -0.4 is 20.9 Å². The summed E-state index contributed by atoms with van der Waals surface area (Å²) in [5.41, 5.74) is 23.7. The van der Waals surface area contributed by atoms with Gasteiger partial charge in [-0.2, -0.15) is 0 Å². The molecule has 8 fully saturated rings. The van der Waals surface area contributed by atoms with Crippen LogP contribution in [-0.4, -0.2) is 126 Å². The molecular weight excluding hydrogens is 1680 g/mol. The quantitative estimate of drug-likeness (QED) is 0.0456. The molecule has 0 aliphatic heterocycles. The predicted octanol–water partition coefficient (Wildman–Crippen LogP) is 21.1. The van der Waals surface area contributed by atoms with Gasteiger partial charge in [0.2, 0.25) is 0 Å². The Labute approximate surface area is 791 Å². The number of Topliss-reactive ketones (excluding diaryl/α,β-unsaturated/α-hetero) is 4. The number of fused-ring (bicyclic) bond motifs is 17. The molecule has 0 spiro atoms. The number of nitrogens with zero attached hydrogens (tertiary/aromatic N) is 2. The maximum atomic E-state index is 13.2. The summed E-state index contributed by atoms with van der Waals surface area (Å²) in [6, 6.07) is 40.1. The van der Waals surface area contributed by atoms with Crippen molar-refractivity contribution in [2.75, 3.05) is 56.1 Å². The van der Waals surface area contributed by atoms with E-state index in [1.54, 1.807) is 27.7 Å². The Hall–Kier alpha value is -10.4. The molecule has 21 atom stereocenters. The summed E-state index contributed by atoms with van der Waals surface area (Å²) in [6.45, 7) is 19.3. The molecule has 5 N–H and O–H groups in total. The molecule has 0 heterocycles. The van der Waals surface area contributed by atoms with Gasteiger partial charge in [-0.25, -0.2) is 0 Å². The molecule has 710 valence electrons. The molecule has 0 aromatic heterocycles. The molecule has 8 saturated carbocycles. The van der Waals surface area contributed by atoms with E-state index in [4.69, 9.17) is 19.9 Å². The Morgan fingerprint density at radius 2 is 0.754 bits per heavy atom. The lowest BCUT2D eigenvalue weighted by Gasteiger charge is -2.56. The lowest BCUT2D eigenvalue weighted by molar-refractivity contribution is -0.184. The molecule has 0 saturated heterocycles. The molecule has 0 bridgehead atoms. The minimum Gasteiger partial charge on any atom is -0.508 e. The largest absolute Gasteiger partial charge is 0.508 e. The van der Waals surface area contributed by atoms with Crippen LogP contribution in [0.1, 0.15) is 300 Å². The lowest BCUT2D eigenvalue weighted by Crippen LogP contribution is -2.57. The highest BCUT2D eigenvalue weighted by Gasteiger charge is 2.72. The van der Waals surface area contributed by atoms with Gasteiger partial charge in [0.15, 0.2) is 57.3 Å². The summed E-state index contributed by atoms with van der Waals surface area (Å²) in [6.07, 6.45) is 26.4. The fourth-order valence-corrected chi connectivity index (χ4v) is 31.3. The van der Waals surface area contributed by atoms with Crippen molar-refractivity contribution in [1.29, 1.82) is 0 Å². The van der Waals surface area contributed by atoms with Crippen molar-refractivity contribution in [1.82, 2.24) is 0 Å². The van der Waals surface area contributed by atoms with E-state index in [-0.39, 0.29) is 93.9 Å². The van der Waals surface area contributed by atoms with E-state index in [2.05, 4.69) is 134 Å². The summed E-state index contributed by atoms with van der Waals surface area (Å²) in [4.78, 5) is 130. The second kappa shape index (κ2) is 35.9. The summed E-state index contributed by atoms with van der Waals surface area (Å²) in [5.74, 6) is 3.21. The van der Waals surface area contributed by atoms with Gasteiger partial charge in [0.1, 0.15) is 11.4 Å². The van der Waals surface area contributed by atoms with Crippen LogP contribution in [0, 0.1) is 69.0 Å². The lowest BCUT2D eigenvalue weighted by atomic mass is 9.48. The smallest absolute Gasteiger partial charge is 0.303 e. The van der Waals surface area contributed by atoms with Crippen LogP contribution in [0.4, 0.5) is 22.7 Å². The first-order valence-corrected chi connectivity index (χ1v) is 49.8. The van der Waals surface area contributed by atoms with E-state index >= 15 is 0 Å². The number of anilines is 4. The number of carbonyl (C=O) groups excluding carboxylic acids is 10. The highest BCUT2D eigenvalue weighted by atomic mass is 16.6. The highest BCUT2D eigenvalue weighted by molar-refractivity contribution is 5.96. The molecule has 15 aliphatic rings. The van der Waals surface area contributed by atoms with Gasteiger partial charge in [-0.3, -0.25) is 47.9 Å². The molecule has 15 aliphatic carbocycles. The maximum Gasteiger partial charge on any atom is 0.303 e. The van der Waals surface area contributed by atoms with Crippen LogP contribution in [0.3, 0.4) is 0 Å². The standard InChI is InChI=1S/C30H37NO4.C29H35NO4.C28H33NO4.C28H35NO3/c1-18(32)30(35-19(2)33)15-14-27-25-12-8-21-16-23(34)11-13-24(21)28(25)26(17-29(27,30)3)20-6-9-22(10-7-20)31(4)5;1-17(31)29(34-18(2)32)14-13-26-24-11-7-20-15-22(33)10-12-23(20)27(24)25(16-28(26,29)3)19-5-8-21(30-4)9-6-19;1-16(30)28(33-17(2)31)13-12-25-23-10-6-19-14-21(32)9-11-22(19)26(23)24(15-27(25,28)3)18-4-7-20(29)8-5-18;1-17(30)28(32)14-13-25-23-11-7-19-15-21(31)10-12-22(19)26(23)24(16-27(25,28)2)18-5-8-20(9-6-18)29(3)4/h6-7,9-11,13,16,25-28,34H,8,12,14-15,17H2,1-5H3;5-6,8-9,15,24-26,30H,7,10-14,16H2,1-4H3;4-5,7-8,14,23-25H,6,9-13,15,29H2,1-3H3;5-6,8-9,15,23-25,32H,7,10-14,16H2,1-4H3/t25?,26?,27?,28?,29-,30-;24?,25?,26?,28-,29-;2*23?,24?,25?,27-,28-/m0000/s1. The van der Waals surface area contributed by atoms with E-state index in [1.807, 2.05) is 77.7 Å². The number of nitrogens with one attached hydrogen (secondary N) is 1. The average molecular weight is 1820 g/mol. The molecule has 0 radical (unpaired) electrons. The molecule has 20 rings (SSSR count). The number of hydrogen-bond acceptors (Lipinski definition) is 19. The number of ether oxygens (including phenoxy) is 3. The molecule has 19 nitrogen and oxygen atoms in total. The number of benzene rings is 5. The third-order valence-corrected chi connectivity index (χ3v) is 37.3. The van der Waals surface area contributed by atoms with E-state index in [9.17, 15) is 58.2 Å².